The van der Waals surface area contributed by atoms with Crippen LogP contribution in [0.2, 0.25) is 0 Å². The lowest BCUT2D eigenvalue weighted by molar-refractivity contribution is 0.600. The Labute approximate surface area is 126 Å². The Bertz CT molecular complexity index is 559. The highest BCUT2D eigenvalue weighted by atomic mass is 32.2. The second-order valence-electron chi connectivity index (χ2n) is 4.73. The van der Waals surface area contributed by atoms with Gasteiger partial charge in [-0.25, -0.2) is 8.42 Å². The van der Waals surface area contributed by atoms with Gasteiger partial charge in [0.2, 0.25) is 17.8 Å². The first-order valence-corrected chi connectivity index (χ1v) is 8.94. The molecule has 0 aromatic carbocycles. The average molecular weight is 316 g/mol. The van der Waals surface area contributed by atoms with Gasteiger partial charge >= 0.3 is 0 Å². The Balaban J connectivity index is 3.02. The Hall–Kier alpha value is -1.64. The summed E-state index contributed by atoms with van der Waals surface area (Å²) in [6.07, 6.45) is 1.22. The molecule has 1 N–H and O–H groups in total. The highest BCUT2D eigenvalue weighted by molar-refractivity contribution is 7.90. The molecule has 9 heteroatoms. The summed E-state index contributed by atoms with van der Waals surface area (Å²) >= 11 is 0. The third-order valence-electron chi connectivity index (χ3n) is 3.02. The van der Waals surface area contributed by atoms with Crippen LogP contribution in [0, 0.1) is 0 Å². The van der Waals surface area contributed by atoms with E-state index in [1.807, 2.05) is 18.7 Å². The number of nitrogens with zero attached hydrogens (tertiary/aromatic N) is 5. The van der Waals surface area contributed by atoms with Gasteiger partial charge in [-0.15, -0.1) is 0 Å². The van der Waals surface area contributed by atoms with E-state index in [1.165, 1.54) is 6.26 Å². The van der Waals surface area contributed by atoms with Gasteiger partial charge in [0.05, 0.1) is 5.75 Å². The van der Waals surface area contributed by atoms with Crippen LogP contribution in [0.3, 0.4) is 0 Å². The molecule has 1 heterocycles. The fourth-order valence-electron chi connectivity index (χ4n) is 1.69. The van der Waals surface area contributed by atoms with Crippen LogP contribution >= 0.6 is 0 Å². The first kappa shape index (κ1) is 17.4. The van der Waals surface area contributed by atoms with Gasteiger partial charge < -0.3 is 15.1 Å². The van der Waals surface area contributed by atoms with E-state index in [2.05, 4.69) is 20.3 Å². The van der Waals surface area contributed by atoms with Crippen LogP contribution < -0.4 is 15.1 Å². The molecule has 0 atom stereocenters. The van der Waals surface area contributed by atoms with Crippen molar-refractivity contribution in [3.05, 3.63) is 0 Å². The first-order chi connectivity index (χ1) is 9.80. The molecule has 120 valence electrons. The molecule has 0 unspecified atom stereocenters. The van der Waals surface area contributed by atoms with Crippen LogP contribution in [0.25, 0.3) is 0 Å². The molecule has 1 aromatic rings. The maximum Gasteiger partial charge on any atom is 0.231 e. The standard InChI is InChI=1S/C12H24N6O2S/c1-6-18(7-2)12-15-10(13-3)14-11(16-12)17(4)8-9-21(5,19)20/h6-9H2,1-5H3,(H,13,14,15,16). The molecule has 0 aliphatic carbocycles. The van der Waals surface area contributed by atoms with Crippen LogP contribution in [0.4, 0.5) is 17.8 Å². The molecule has 0 aliphatic rings. The van der Waals surface area contributed by atoms with Crippen molar-refractivity contribution in [3.8, 4) is 0 Å². The van der Waals surface area contributed by atoms with Gasteiger partial charge in [0.25, 0.3) is 0 Å². The minimum Gasteiger partial charge on any atom is -0.357 e. The molecule has 0 saturated heterocycles. The molecular formula is C12H24N6O2S. The second-order valence-corrected chi connectivity index (χ2v) is 6.99. The molecule has 0 bridgehead atoms. The monoisotopic (exact) mass is 316 g/mol. The van der Waals surface area contributed by atoms with E-state index in [1.54, 1.807) is 19.0 Å². The number of anilines is 3. The van der Waals surface area contributed by atoms with E-state index >= 15 is 0 Å². The smallest absolute Gasteiger partial charge is 0.231 e. The van der Waals surface area contributed by atoms with Crippen molar-refractivity contribution in [2.45, 2.75) is 13.8 Å². The van der Waals surface area contributed by atoms with Crippen molar-refractivity contribution in [2.24, 2.45) is 0 Å². The van der Waals surface area contributed by atoms with Gasteiger partial charge in [-0.05, 0) is 13.8 Å². The Morgan fingerprint density at radius 3 is 2.14 bits per heavy atom. The predicted molar refractivity (Wildman–Crippen MR) is 85.9 cm³/mol. The first-order valence-electron chi connectivity index (χ1n) is 6.88. The highest BCUT2D eigenvalue weighted by Crippen LogP contribution is 2.15. The zero-order valence-corrected chi connectivity index (χ0v) is 14.1. The summed E-state index contributed by atoms with van der Waals surface area (Å²) in [7, 11) is 0.490. The number of aromatic nitrogens is 3. The van der Waals surface area contributed by atoms with Crippen LogP contribution in [0.5, 0.6) is 0 Å². The third-order valence-corrected chi connectivity index (χ3v) is 3.94. The number of rotatable bonds is 8. The summed E-state index contributed by atoms with van der Waals surface area (Å²) in [5.74, 6) is 1.57. The molecular weight excluding hydrogens is 292 g/mol. The molecule has 0 fully saturated rings. The zero-order valence-electron chi connectivity index (χ0n) is 13.3. The van der Waals surface area contributed by atoms with E-state index < -0.39 is 9.84 Å². The summed E-state index contributed by atoms with van der Waals surface area (Å²) in [5, 5.41) is 2.90. The highest BCUT2D eigenvalue weighted by Gasteiger charge is 2.14. The van der Waals surface area contributed by atoms with Gasteiger partial charge in [-0.2, -0.15) is 15.0 Å². The maximum absolute atomic E-state index is 11.3. The minimum atomic E-state index is -3.02. The minimum absolute atomic E-state index is 0.0602. The predicted octanol–water partition coefficient (Wildman–Crippen LogP) is 0.240. The van der Waals surface area contributed by atoms with Gasteiger partial charge in [0.15, 0.2) is 0 Å². The van der Waals surface area contributed by atoms with Crippen molar-refractivity contribution < 1.29 is 8.42 Å². The number of hydrogen-bond donors (Lipinski definition) is 1. The van der Waals surface area contributed by atoms with E-state index in [4.69, 9.17) is 0 Å². The Morgan fingerprint density at radius 1 is 1.10 bits per heavy atom. The van der Waals surface area contributed by atoms with Crippen LogP contribution in [0.15, 0.2) is 0 Å². The zero-order chi connectivity index (χ0) is 16.0. The molecule has 0 aliphatic heterocycles. The lowest BCUT2D eigenvalue weighted by Gasteiger charge is -2.22. The molecule has 0 amide bonds. The molecule has 21 heavy (non-hydrogen) atoms. The molecule has 0 radical (unpaired) electrons. The van der Waals surface area contributed by atoms with Crippen LogP contribution in [-0.4, -0.2) is 69.1 Å². The Kier molecular flexibility index (Phi) is 6.13. The summed E-state index contributed by atoms with van der Waals surface area (Å²) in [4.78, 5) is 16.8. The fourth-order valence-corrected chi connectivity index (χ4v) is 2.29. The van der Waals surface area contributed by atoms with Crippen LogP contribution in [0.1, 0.15) is 13.8 Å². The Morgan fingerprint density at radius 2 is 1.67 bits per heavy atom. The summed E-state index contributed by atoms with van der Waals surface area (Å²) in [6.45, 7) is 5.97. The normalized spacial score (nSPS) is 11.3. The number of nitrogens with one attached hydrogen (secondary N) is 1. The van der Waals surface area contributed by atoms with Gasteiger partial charge in [-0.1, -0.05) is 0 Å². The average Bonchev–Trinajstić information content (AvgIpc) is 2.45. The van der Waals surface area contributed by atoms with Crippen LogP contribution in [-0.2, 0) is 9.84 Å². The van der Waals surface area contributed by atoms with Gasteiger partial charge in [-0.3, -0.25) is 0 Å². The SMILES string of the molecule is CCN(CC)c1nc(NC)nc(N(C)CCS(C)(=O)=O)n1. The van der Waals surface area contributed by atoms with E-state index in [0.717, 1.165) is 13.1 Å². The van der Waals surface area contributed by atoms with E-state index in [9.17, 15) is 8.42 Å². The van der Waals surface area contributed by atoms with Crippen molar-refractivity contribution in [1.82, 2.24) is 15.0 Å². The molecule has 0 spiro atoms. The quantitative estimate of drug-likeness (QED) is 0.729. The summed E-state index contributed by atoms with van der Waals surface area (Å²) in [6, 6.07) is 0. The number of hydrogen-bond acceptors (Lipinski definition) is 8. The lowest BCUT2D eigenvalue weighted by Crippen LogP contribution is -2.29. The van der Waals surface area contributed by atoms with Crippen molar-refractivity contribution in [1.29, 1.82) is 0 Å². The van der Waals surface area contributed by atoms with Gasteiger partial charge in [0.1, 0.15) is 9.84 Å². The summed E-state index contributed by atoms with van der Waals surface area (Å²) < 4.78 is 22.5. The lowest BCUT2D eigenvalue weighted by atomic mass is 10.5. The van der Waals surface area contributed by atoms with E-state index in [-0.39, 0.29) is 5.75 Å². The van der Waals surface area contributed by atoms with Crippen molar-refractivity contribution >= 4 is 27.7 Å². The molecule has 0 saturated carbocycles. The fraction of sp³-hybridized carbons (Fsp3) is 0.750. The van der Waals surface area contributed by atoms with Gasteiger partial charge in [0, 0.05) is 40.0 Å². The number of sulfone groups is 1. The molecule has 1 rings (SSSR count). The maximum atomic E-state index is 11.3. The largest absolute Gasteiger partial charge is 0.357 e. The second kappa shape index (κ2) is 7.39. The topological polar surface area (TPSA) is 91.3 Å². The molecule has 8 nitrogen and oxygen atoms in total. The third kappa shape index (κ3) is 5.33. The van der Waals surface area contributed by atoms with E-state index in [0.29, 0.717) is 24.4 Å². The summed E-state index contributed by atoms with van der Waals surface area (Å²) in [5.41, 5.74) is 0. The van der Waals surface area contributed by atoms with Crippen molar-refractivity contribution in [2.75, 3.05) is 60.9 Å². The molecule has 1 aromatic heterocycles. The van der Waals surface area contributed by atoms with Crippen molar-refractivity contribution in [3.63, 3.8) is 0 Å².